The Hall–Kier alpha value is -0.850. The van der Waals surface area contributed by atoms with E-state index in [0.29, 0.717) is 28.8 Å². The number of halogens is 3. The van der Waals surface area contributed by atoms with Crippen LogP contribution in [-0.4, -0.2) is 17.4 Å². The van der Waals surface area contributed by atoms with Crippen molar-refractivity contribution >= 4 is 52.9 Å². The minimum atomic E-state index is -0.405. The van der Waals surface area contributed by atoms with Crippen molar-refractivity contribution in [3.05, 3.63) is 49.9 Å². The Morgan fingerprint density at radius 1 is 1.35 bits per heavy atom. The van der Waals surface area contributed by atoms with Crippen molar-refractivity contribution in [1.29, 1.82) is 0 Å². The number of rotatable bonds is 5. The quantitative estimate of drug-likeness (QED) is 0.804. The lowest BCUT2D eigenvalue weighted by atomic mass is 9.84. The zero-order valence-corrected chi connectivity index (χ0v) is 15.9. The molecule has 0 aliphatic carbocycles. The second-order valence-electron chi connectivity index (χ2n) is 5.49. The number of hydrogen-bond acceptors (Lipinski definition) is 4. The molecule has 3 N–H and O–H groups in total. The van der Waals surface area contributed by atoms with Gasteiger partial charge in [-0.15, -0.1) is 23.7 Å². The second kappa shape index (κ2) is 8.31. The fraction of sp³-hybridized carbons (Fsp3) is 0.333. The molecule has 23 heavy (non-hydrogen) atoms. The summed E-state index contributed by atoms with van der Waals surface area (Å²) in [6.45, 7) is 4.68. The van der Waals surface area contributed by atoms with Gasteiger partial charge in [0.25, 0.3) is 5.91 Å². The van der Waals surface area contributed by atoms with E-state index in [2.05, 4.69) is 10.3 Å². The fourth-order valence-corrected chi connectivity index (χ4v) is 3.70. The number of amides is 1. The van der Waals surface area contributed by atoms with E-state index in [-0.39, 0.29) is 18.3 Å². The van der Waals surface area contributed by atoms with Gasteiger partial charge in [0, 0.05) is 33.9 Å². The van der Waals surface area contributed by atoms with E-state index in [1.165, 1.54) is 11.3 Å². The monoisotopic (exact) mass is 393 g/mol. The Labute approximate surface area is 155 Å². The summed E-state index contributed by atoms with van der Waals surface area (Å²) in [5.41, 5.74) is 6.30. The molecule has 1 amide bonds. The van der Waals surface area contributed by atoms with Crippen LogP contribution in [0, 0.1) is 0 Å². The summed E-state index contributed by atoms with van der Waals surface area (Å²) >= 11 is 13.9. The molecular weight excluding hydrogens is 377 g/mol. The van der Waals surface area contributed by atoms with Crippen LogP contribution in [-0.2, 0) is 12.0 Å². The van der Waals surface area contributed by atoms with E-state index in [9.17, 15) is 4.79 Å². The molecule has 0 unspecified atom stereocenters. The molecule has 2 rings (SSSR count). The summed E-state index contributed by atoms with van der Waals surface area (Å²) < 4.78 is 0. The van der Waals surface area contributed by atoms with Gasteiger partial charge in [0.05, 0.1) is 0 Å². The van der Waals surface area contributed by atoms with Gasteiger partial charge in [-0.25, -0.2) is 4.98 Å². The third-order valence-corrected chi connectivity index (χ3v) is 4.79. The molecule has 2 aromatic rings. The van der Waals surface area contributed by atoms with Gasteiger partial charge < -0.3 is 11.1 Å². The van der Waals surface area contributed by atoms with E-state index >= 15 is 0 Å². The Bertz CT molecular complexity index is 668. The summed E-state index contributed by atoms with van der Waals surface area (Å²) in [5, 5.41) is 6.49. The summed E-state index contributed by atoms with van der Waals surface area (Å²) in [6.07, 6.45) is 0. The molecule has 0 aliphatic heterocycles. The predicted octanol–water partition coefficient (Wildman–Crippen LogP) is 4.04. The van der Waals surface area contributed by atoms with Gasteiger partial charge in [-0.2, -0.15) is 0 Å². The molecule has 0 atom stereocenters. The molecule has 0 radical (unpaired) electrons. The minimum Gasteiger partial charge on any atom is -0.350 e. The highest BCUT2D eigenvalue weighted by Gasteiger charge is 2.27. The molecule has 0 saturated carbocycles. The van der Waals surface area contributed by atoms with Gasteiger partial charge >= 0.3 is 0 Å². The Balaban J connectivity index is 0.00000264. The van der Waals surface area contributed by atoms with Crippen molar-refractivity contribution in [3.63, 3.8) is 0 Å². The first-order chi connectivity index (χ1) is 10.3. The number of nitrogens with one attached hydrogen (secondary N) is 1. The van der Waals surface area contributed by atoms with Crippen LogP contribution < -0.4 is 11.1 Å². The SMILES string of the molecule is CC(C)(CNC(=O)c1csc(CN)n1)c1c(Cl)cccc1Cl.Cl. The van der Waals surface area contributed by atoms with E-state index in [4.69, 9.17) is 28.9 Å². The summed E-state index contributed by atoms with van der Waals surface area (Å²) in [4.78, 5) is 16.3. The number of carbonyl (C=O) groups is 1. The zero-order chi connectivity index (χ0) is 16.3. The molecule has 0 aliphatic rings. The van der Waals surface area contributed by atoms with Crippen LogP contribution in [0.15, 0.2) is 23.6 Å². The summed E-state index contributed by atoms with van der Waals surface area (Å²) in [7, 11) is 0. The highest BCUT2D eigenvalue weighted by atomic mass is 35.5. The normalized spacial score (nSPS) is 11.0. The maximum atomic E-state index is 12.1. The molecule has 0 spiro atoms. The van der Waals surface area contributed by atoms with Crippen molar-refractivity contribution in [2.45, 2.75) is 25.8 Å². The smallest absolute Gasteiger partial charge is 0.270 e. The first-order valence-electron chi connectivity index (χ1n) is 6.72. The van der Waals surface area contributed by atoms with Crippen molar-refractivity contribution in [2.75, 3.05) is 6.54 Å². The highest BCUT2D eigenvalue weighted by molar-refractivity contribution is 7.09. The van der Waals surface area contributed by atoms with Crippen LogP contribution in [0.3, 0.4) is 0 Å². The van der Waals surface area contributed by atoms with Crippen molar-refractivity contribution in [1.82, 2.24) is 10.3 Å². The lowest BCUT2D eigenvalue weighted by Crippen LogP contribution is -2.37. The maximum absolute atomic E-state index is 12.1. The van der Waals surface area contributed by atoms with Crippen LogP contribution in [0.5, 0.6) is 0 Å². The van der Waals surface area contributed by atoms with Crippen molar-refractivity contribution in [3.8, 4) is 0 Å². The standard InChI is InChI=1S/C15H17Cl2N3OS.ClH/c1-15(2,13-9(16)4-3-5-10(13)17)8-19-14(21)11-7-22-12(6-18)20-11;/h3-5,7H,6,8,18H2,1-2H3,(H,19,21);1H. The number of aromatic nitrogens is 1. The third kappa shape index (κ3) is 4.81. The Morgan fingerprint density at radius 2 is 1.96 bits per heavy atom. The number of thiazole rings is 1. The zero-order valence-electron chi connectivity index (χ0n) is 12.7. The molecule has 4 nitrogen and oxygen atoms in total. The van der Waals surface area contributed by atoms with E-state index in [0.717, 1.165) is 10.6 Å². The first-order valence-corrected chi connectivity index (χ1v) is 8.36. The van der Waals surface area contributed by atoms with Crippen molar-refractivity contribution in [2.24, 2.45) is 5.73 Å². The molecular formula is C15H18Cl3N3OS. The van der Waals surface area contributed by atoms with E-state index < -0.39 is 5.41 Å². The van der Waals surface area contributed by atoms with E-state index in [1.807, 2.05) is 13.8 Å². The van der Waals surface area contributed by atoms with Crippen LogP contribution in [0.2, 0.25) is 10.0 Å². The molecule has 1 heterocycles. The topological polar surface area (TPSA) is 68.0 Å². The Kier molecular flexibility index (Phi) is 7.29. The molecule has 8 heteroatoms. The molecule has 1 aromatic carbocycles. The number of benzene rings is 1. The molecule has 126 valence electrons. The lowest BCUT2D eigenvalue weighted by Gasteiger charge is -2.27. The maximum Gasteiger partial charge on any atom is 0.270 e. The van der Waals surface area contributed by atoms with Crippen LogP contribution in [0.1, 0.15) is 34.9 Å². The second-order valence-corrected chi connectivity index (χ2v) is 7.25. The van der Waals surface area contributed by atoms with Crippen molar-refractivity contribution < 1.29 is 4.79 Å². The number of nitrogens with zero attached hydrogens (tertiary/aromatic N) is 1. The fourth-order valence-electron chi connectivity index (χ4n) is 2.13. The molecule has 0 fully saturated rings. The number of hydrogen-bond donors (Lipinski definition) is 2. The van der Waals surface area contributed by atoms with Gasteiger partial charge in [-0.1, -0.05) is 43.1 Å². The molecule has 0 bridgehead atoms. The average Bonchev–Trinajstić information content (AvgIpc) is 2.93. The summed E-state index contributed by atoms with van der Waals surface area (Å²) in [5.74, 6) is -0.229. The predicted molar refractivity (Wildman–Crippen MR) is 99.1 cm³/mol. The van der Waals surface area contributed by atoms with Crippen LogP contribution in [0.4, 0.5) is 0 Å². The van der Waals surface area contributed by atoms with Gasteiger partial charge in [-0.05, 0) is 17.7 Å². The van der Waals surface area contributed by atoms with Crippen LogP contribution in [0.25, 0.3) is 0 Å². The van der Waals surface area contributed by atoms with Crippen LogP contribution >= 0.6 is 46.9 Å². The molecule has 1 aromatic heterocycles. The minimum absolute atomic E-state index is 0. The first kappa shape index (κ1) is 20.2. The number of carbonyl (C=O) groups excluding carboxylic acids is 1. The van der Waals surface area contributed by atoms with E-state index in [1.54, 1.807) is 23.6 Å². The van der Waals surface area contributed by atoms with Gasteiger partial charge in [0.15, 0.2) is 0 Å². The molecule has 0 saturated heterocycles. The Morgan fingerprint density at radius 3 is 2.48 bits per heavy atom. The van der Waals surface area contributed by atoms with Gasteiger partial charge in [0.2, 0.25) is 0 Å². The highest BCUT2D eigenvalue weighted by Crippen LogP contribution is 2.35. The van der Waals surface area contributed by atoms with Gasteiger partial charge in [-0.3, -0.25) is 4.79 Å². The largest absolute Gasteiger partial charge is 0.350 e. The number of nitrogens with two attached hydrogens (primary N) is 1. The average molecular weight is 395 g/mol. The summed E-state index contributed by atoms with van der Waals surface area (Å²) in [6, 6.07) is 5.38. The lowest BCUT2D eigenvalue weighted by molar-refractivity contribution is 0.0941. The third-order valence-electron chi connectivity index (χ3n) is 3.29. The van der Waals surface area contributed by atoms with Gasteiger partial charge in [0.1, 0.15) is 10.7 Å².